The lowest BCUT2D eigenvalue weighted by atomic mass is 10.1. The molecule has 15 heavy (non-hydrogen) atoms. The van der Waals surface area contributed by atoms with E-state index < -0.39 is 4.92 Å². The molecule has 0 atom stereocenters. The summed E-state index contributed by atoms with van der Waals surface area (Å²) in [5.74, 6) is 0. The van der Waals surface area contributed by atoms with E-state index in [4.69, 9.17) is 10.4 Å². The third kappa shape index (κ3) is 2.50. The molecular formula is C8H7N3O4. The summed E-state index contributed by atoms with van der Waals surface area (Å²) >= 11 is 0. The normalized spacial score (nSPS) is 11.9. The van der Waals surface area contributed by atoms with E-state index in [0.29, 0.717) is 5.56 Å². The minimum Gasteiger partial charge on any atom is -0.411 e. The van der Waals surface area contributed by atoms with Crippen molar-refractivity contribution in [3.63, 3.8) is 0 Å². The molecule has 0 unspecified atom stereocenters. The highest BCUT2D eigenvalue weighted by Gasteiger charge is 2.06. The van der Waals surface area contributed by atoms with Crippen molar-refractivity contribution >= 4 is 17.6 Å². The maximum Gasteiger partial charge on any atom is 0.269 e. The smallest absolute Gasteiger partial charge is 0.269 e. The molecule has 0 fully saturated rings. The van der Waals surface area contributed by atoms with Crippen LogP contribution in [0.5, 0.6) is 0 Å². The summed E-state index contributed by atoms with van der Waals surface area (Å²) in [6, 6.07) is 5.28. The summed E-state index contributed by atoms with van der Waals surface area (Å²) < 4.78 is 0. The Morgan fingerprint density at radius 2 is 1.93 bits per heavy atom. The molecule has 0 saturated heterocycles. The summed E-state index contributed by atoms with van der Waals surface area (Å²) in [6.45, 7) is 0. The third-order valence-corrected chi connectivity index (χ3v) is 1.66. The van der Waals surface area contributed by atoms with Crippen LogP contribution in [0.4, 0.5) is 5.69 Å². The van der Waals surface area contributed by atoms with Gasteiger partial charge in [0.25, 0.3) is 5.69 Å². The molecular weight excluding hydrogens is 202 g/mol. The minimum atomic E-state index is -0.542. The third-order valence-electron chi connectivity index (χ3n) is 1.66. The lowest BCUT2D eigenvalue weighted by Crippen LogP contribution is -2.02. The van der Waals surface area contributed by atoms with Crippen LogP contribution in [-0.2, 0) is 0 Å². The molecule has 0 radical (unpaired) electrons. The summed E-state index contributed by atoms with van der Waals surface area (Å²) in [4.78, 5) is 9.79. The summed E-state index contributed by atoms with van der Waals surface area (Å²) in [5.41, 5.74) is 0.338. The topological polar surface area (TPSA) is 108 Å². The van der Waals surface area contributed by atoms with Gasteiger partial charge in [-0.05, 0) is 12.1 Å². The number of oxime groups is 2. The van der Waals surface area contributed by atoms with E-state index in [2.05, 4.69) is 10.3 Å². The minimum absolute atomic E-state index is 0.00685. The van der Waals surface area contributed by atoms with Gasteiger partial charge in [-0.3, -0.25) is 10.1 Å². The molecule has 7 heteroatoms. The summed E-state index contributed by atoms with van der Waals surface area (Å²) in [6.07, 6.45) is 0.918. The van der Waals surface area contributed by atoms with Gasteiger partial charge in [-0.15, -0.1) is 0 Å². The second kappa shape index (κ2) is 4.70. The zero-order valence-corrected chi connectivity index (χ0v) is 7.44. The van der Waals surface area contributed by atoms with Crippen LogP contribution in [-0.4, -0.2) is 27.3 Å². The van der Waals surface area contributed by atoms with Crippen LogP contribution >= 0.6 is 0 Å². The van der Waals surface area contributed by atoms with Crippen molar-refractivity contribution in [2.45, 2.75) is 0 Å². The van der Waals surface area contributed by atoms with Crippen molar-refractivity contribution in [3.05, 3.63) is 39.9 Å². The van der Waals surface area contributed by atoms with E-state index in [9.17, 15) is 10.1 Å². The van der Waals surface area contributed by atoms with Gasteiger partial charge in [0.15, 0.2) is 0 Å². The molecule has 0 aliphatic rings. The van der Waals surface area contributed by atoms with E-state index >= 15 is 0 Å². The van der Waals surface area contributed by atoms with Crippen LogP contribution in [0.1, 0.15) is 5.56 Å². The number of hydrogen-bond donors (Lipinski definition) is 2. The zero-order valence-electron chi connectivity index (χ0n) is 7.44. The molecule has 0 aliphatic heterocycles. The quantitative estimate of drug-likeness (QED) is 0.337. The lowest BCUT2D eigenvalue weighted by molar-refractivity contribution is -0.384. The number of hydrogen-bond acceptors (Lipinski definition) is 6. The number of nitro groups is 1. The van der Waals surface area contributed by atoms with Gasteiger partial charge in [0, 0.05) is 17.7 Å². The Morgan fingerprint density at radius 3 is 2.33 bits per heavy atom. The lowest BCUT2D eigenvalue weighted by Gasteiger charge is -1.97. The van der Waals surface area contributed by atoms with E-state index in [1.807, 2.05) is 0 Å². The Balaban J connectivity index is 3.02. The standard InChI is InChI=1S/C8H7N3O4/c12-9-5-8(10-13)6-1-3-7(4-2-6)11(14)15/h1-5,12-13H/b9-5+,10-8-. The van der Waals surface area contributed by atoms with Crippen molar-refractivity contribution in [1.29, 1.82) is 0 Å². The molecule has 0 bridgehead atoms. The van der Waals surface area contributed by atoms with Gasteiger partial charge in [-0.2, -0.15) is 0 Å². The predicted molar refractivity (Wildman–Crippen MR) is 51.7 cm³/mol. The van der Waals surface area contributed by atoms with Crippen LogP contribution in [0.25, 0.3) is 0 Å². The van der Waals surface area contributed by atoms with Gasteiger partial charge in [0.2, 0.25) is 0 Å². The Hall–Kier alpha value is -2.44. The summed E-state index contributed by atoms with van der Waals surface area (Å²) in [7, 11) is 0. The van der Waals surface area contributed by atoms with E-state index in [1.165, 1.54) is 24.3 Å². The first-order chi connectivity index (χ1) is 7.19. The monoisotopic (exact) mass is 209 g/mol. The van der Waals surface area contributed by atoms with Crippen molar-refractivity contribution in [1.82, 2.24) is 0 Å². The average molecular weight is 209 g/mol. The van der Waals surface area contributed by atoms with Crippen LogP contribution in [0.3, 0.4) is 0 Å². The molecule has 7 nitrogen and oxygen atoms in total. The van der Waals surface area contributed by atoms with Gasteiger partial charge < -0.3 is 10.4 Å². The van der Waals surface area contributed by atoms with Crippen molar-refractivity contribution in [2.24, 2.45) is 10.3 Å². The maximum atomic E-state index is 10.3. The molecule has 1 aromatic carbocycles. The SMILES string of the molecule is O=[N+]([O-])c1ccc(C(/C=N/O)=N\O)cc1. The Bertz CT molecular complexity index is 410. The highest BCUT2D eigenvalue weighted by Crippen LogP contribution is 2.12. The van der Waals surface area contributed by atoms with Crippen LogP contribution in [0, 0.1) is 10.1 Å². The predicted octanol–water partition coefficient (Wildman–Crippen LogP) is 1.23. The van der Waals surface area contributed by atoms with Crippen LogP contribution < -0.4 is 0 Å². The summed E-state index contributed by atoms with van der Waals surface area (Å²) in [5, 5.41) is 32.7. The Labute approximate surface area is 84.1 Å². The molecule has 78 valence electrons. The van der Waals surface area contributed by atoms with Gasteiger partial charge in [-0.1, -0.05) is 10.3 Å². The zero-order chi connectivity index (χ0) is 11.3. The molecule has 0 aliphatic carbocycles. The van der Waals surface area contributed by atoms with Crippen LogP contribution in [0.15, 0.2) is 34.6 Å². The van der Waals surface area contributed by atoms with Crippen molar-refractivity contribution in [2.75, 3.05) is 0 Å². The molecule has 0 amide bonds. The molecule has 1 aromatic rings. The molecule has 1 rings (SSSR count). The highest BCUT2D eigenvalue weighted by atomic mass is 16.6. The fourth-order valence-electron chi connectivity index (χ4n) is 0.967. The highest BCUT2D eigenvalue weighted by molar-refractivity contribution is 6.37. The van der Waals surface area contributed by atoms with Gasteiger partial charge >= 0.3 is 0 Å². The Kier molecular flexibility index (Phi) is 3.33. The van der Waals surface area contributed by atoms with Gasteiger partial charge in [0.1, 0.15) is 5.71 Å². The molecule has 0 aromatic heterocycles. The number of non-ortho nitro benzene ring substituents is 1. The second-order valence-electron chi connectivity index (χ2n) is 2.53. The van der Waals surface area contributed by atoms with E-state index in [0.717, 1.165) is 6.21 Å². The number of nitro benzene ring substituents is 1. The fourth-order valence-corrected chi connectivity index (χ4v) is 0.967. The molecule has 0 spiro atoms. The first-order valence-electron chi connectivity index (χ1n) is 3.83. The maximum absolute atomic E-state index is 10.3. The number of rotatable bonds is 3. The second-order valence-corrected chi connectivity index (χ2v) is 2.53. The van der Waals surface area contributed by atoms with Crippen molar-refractivity contribution in [3.8, 4) is 0 Å². The van der Waals surface area contributed by atoms with Gasteiger partial charge in [-0.25, -0.2) is 0 Å². The molecule has 2 N–H and O–H groups in total. The fraction of sp³-hybridized carbons (Fsp3) is 0. The molecule has 0 saturated carbocycles. The van der Waals surface area contributed by atoms with Crippen molar-refractivity contribution < 1.29 is 15.3 Å². The van der Waals surface area contributed by atoms with Gasteiger partial charge in [0.05, 0.1) is 11.1 Å². The molecule has 0 heterocycles. The number of nitrogens with zero attached hydrogens (tertiary/aromatic N) is 3. The average Bonchev–Trinajstić information content (AvgIpc) is 2.26. The first kappa shape index (κ1) is 10.6. The van der Waals surface area contributed by atoms with E-state index in [1.54, 1.807) is 0 Å². The van der Waals surface area contributed by atoms with Crippen LogP contribution in [0.2, 0.25) is 0 Å². The largest absolute Gasteiger partial charge is 0.411 e. The Morgan fingerprint density at radius 1 is 1.33 bits per heavy atom. The first-order valence-corrected chi connectivity index (χ1v) is 3.83. The van der Waals surface area contributed by atoms with E-state index in [-0.39, 0.29) is 11.4 Å². The number of benzene rings is 1.